The number of benzene rings is 1. The van der Waals surface area contributed by atoms with Crippen molar-refractivity contribution in [2.45, 2.75) is 38.8 Å². The largest absolute Gasteiger partial charge is 0.306 e. The Morgan fingerprint density at radius 3 is 2.26 bits per heavy atom. The van der Waals surface area contributed by atoms with Crippen molar-refractivity contribution in [1.29, 1.82) is 0 Å². The first kappa shape index (κ1) is 12.9. The smallest absolute Gasteiger partial charge is 0.0440 e. The number of fused-ring (bicyclic) bond motifs is 1. The third-order valence-electron chi connectivity index (χ3n) is 3.98. The highest BCUT2D eigenvalue weighted by Crippen LogP contribution is 2.29. The summed E-state index contributed by atoms with van der Waals surface area (Å²) >= 11 is 1.86. The minimum atomic E-state index is 0.485. The van der Waals surface area contributed by atoms with Crippen molar-refractivity contribution >= 4 is 11.3 Å². The number of hydrogen-bond acceptors (Lipinski definition) is 2. The van der Waals surface area contributed by atoms with E-state index in [-0.39, 0.29) is 0 Å². The van der Waals surface area contributed by atoms with E-state index in [1.165, 1.54) is 28.8 Å². The van der Waals surface area contributed by atoms with E-state index < -0.39 is 0 Å². The van der Waals surface area contributed by atoms with Crippen LogP contribution < -0.4 is 5.32 Å². The normalized spacial score (nSPS) is 16.8. The molecule has 1 N–H and O–H groups in total. The highest BCUT2D eigenvalue weighted by molar-refractivity contribution is 7.10. The fraction of sp³-hybridized carbons (Fsp3) is 0.412. The maximum Gasteiger partial charge on any atom is 0.0440 e. The molecule has 2 heteroatoms. The molecule has 0 aliphatic heterocycles. The van der Waals surface area contributed by atoms with E-state index in [4.69, 9.17) is 0 Å². The van der Waals surface area contributed by atoms with Crippen molar-refractivity contribution in [2.24, 2.45) is 5.92 Å². The number of thiophene rings is 1. The molecule has 0 fully saturated rings. The maximum absolute atomic E-state index is 3.88. The lowest BCUT2D eigenvalue weighted by Gasteiger charge is -2.25. The molecule has 0 amide bonds. The topological polar surface area (TPSA) is 12.0 Å². The van der Waals surface area contributed by atoms with Gasteiger partial charge in [-0.2, -0.15) is 0 Å². The molecular weight excluding hydrogens is 250 g/mol. The maximum atomic E-state index is 3.88. The predicted molar refractivity (Wildman–Crippen MR) is 82.7 cm³/mol. The molecule has 1 aliphatic rings. The van der Waals surface area contributed by atoms with Gasteiger partial charge in [-0.25, -0.2) is 0 Å². The van der Waals surface area contributed by atoms with Crippen LogP contribution in [-0.2, 0) is 12.8 Å². The van der Waals surface area contributed by atoms with Crippen molar-refractivity contribution in [2.75, 3.05) is 0 Å². The van der Waals surface area contributed by atoms with E-state index in [0.29, 0.717) is 18.0 Å². The Kier molecular flexibility index (Phi) is 3.72. The SMILES string of the molecule is CC(C)C(NC1Cc2ccccc2C1)c1cccs1. The molecule has 1 aromatic heterocycles. The van der Waals surface area contributed by atoms with Crippen LogP contribution >= 0.6 is 11.3 Å². The molecule has 3 rings (SSSR count). The molecule has 1 aliphatic carbocycles. The zero-order chi connectivity index (χ0) is 13.2. The van der Waals surface area contributed by atoms with Crippen molar-refractivity contribution in [1.82, 2.24) is 5.32 Å². The molecule has 2 aromatic rings. The summed E-state index contributed by atoms with van der Waals surface area (Å²) in [5.41, 5.74) is 3.04. The summed E-state index contributed by atoms with van der Waals surface area (Å²) in [5, 5.41) is 6.05. The molecule has 0 saturated carbocycles. The monoisotopic (exact) mass is 271 g/mol. The predicted octanol–water partition coefficient (Wildman–Crippen LogP) is 4.20. The Bertz CT molecular complexity index is 505. The van der Waals surface area contributed by atoms with Gasteiger partial charge in [-0.3, -0.25) is 0 Å². The summed E-state index contributed by atoms with van der Waals surface area (Å²) in [6.07, 6.45) is 2.34. The minimum absolute atomic E-state index is 0.485. The molecule has 0 bridgehead atoms. The van der Waals surface area contributed by atoms with E-state index in [9.17, 15) is 0 Å². The Morgan fingerprint density at radius 2 is 1.74 bits per heavy atom. The van der Waals surface area contributed by atoms with Gasteiger partial charge in [-0.05, 0) is 41.3 Å². The second kappa shape index (κ2) is 5.48. The minimum Gasteiger partial charge on any atom is -0.306 e. The van der Waals surface area contributed by atoms with Crippen LogP contribution in [0.2, 0.25) is 0 Å². The first-order valence-electron chi connectivity index (χ1n) is 7.10. The van der Waals surface area contributed by atoms with E-state index in [0.717, 1.165) is 0 Å². The van der Waals surface area contributed by atoms with Crippen LogP contribution in [0.3, 0.4) is 0 Å². The zero-order valence-corrected chi connectivity index (χ0v) is 12.4. The Balaban J connectivity index is 1.72. The highest BCUT2D eigenvalue weighted by atomic mass is 32.1. The van der Waals surface area contributed by atoms with Crippen LogP contribution in [0.5, 0.6) is 0 Å². The third-order valence-corrected chi connectivity index (χ3v) is 4.94. The summed E-state index contributed by atoms with van der Waals surface area (Å²) in [5.74, 6) is 0.627. The molecule has 1 aromatic carbocycles. The quantitative estimate of drug-likeness (QED) is 0.878. The number of nitrogens with one attached hydrogen (secondary N) is 1. The van der Waals surface area contributed by atoms with Crippen molar-refractivity contribution in [3.05, 3.63) is 57.8 Å². The van der Waals surface area contributed by atoms with E-state index >= 15 is 0 Å². The molecule has 0 saturated heterocycles. The average Bonchev–Trinajstić information content (AvgIpc) is 3.04. The van der Waals surface area contributed by atoms with Gasteiger partial charge in [0.05, 0.1) is 0 Å². The summed E-state index contributed by atoms with van der Waals surface area (Å²) in [6, 6.07) is 14.3. The summed E-state index contributed by atoms with van der Waals surface area (Å²) in [6.45, 7) is 4.61. The van der Waals surface area contributed by atoms with Crippen LogP contribution in [0.25, 0.3) is 0 Å². The second-order valence-electron chi connectivity index (χ2n) is 5.78. The van der Waals surface area contributed by atoms with Gasteiger partial charge in [-0.1, -0.05) is 44.2 Å². The fourth-order valence-corrected chi connectivity index (χ4v) is 3.96. The molecular formula is C17H21NS. The fourth-order valence-electron chi connectivity index (χ4n) is 3.00. The molecule has 1 nitrogen and oxygen atoms in total. The van der Waals surface area contributed by atoms with Crippen molar-refractivity contribution in [3.63, 3.8) is 0 Å². The van der Waals surface area contributed by atoms with Gasteiger partial charge in [0, 0.05) is 17.0 Å². The standard InChI is InChI=1S/C17H21NS/c1-12(2)17(16-8-5-9-19-16)18-15-10-13-6-3-4-7-14(13)11-15/h3-9,12,15,17-18H,10-11H2,1-2H3. The number of rotatable bonds is 4. The lowest BCUT2D eigenvalue weighted by molar-refractivity contribution is 0.368. The first-order valence-corrected chi connectivity index (χ1v) is 7.98. The Morgan fingerprint density at radius 1 is 1.05 bits per heavy atom. The molecule has 1 atom stereocenters. The van der Waals surface area contributed by atoms with Gasteiger partial charge in [0.15, 0.2) is 0 Å². The lowest BCUT2D eigenvalue weighted by Crippen LogP contribution is -2.35. The Hall–Kier alpha value is -1.12. The second-order valence-corrected chi connectivity index (χ2v) is 6.76. The number of hydrogen-bond donors (Lipinski definition) is 1. The Labute approximate surface area is 119 Å². The van der Waals surface area contributed by atoms with Crippen LogP contribution in [0, 0.1) is 5.92 Å². The van der Waals surface area contributed by atoms with E-state index in [1.54, 1.807) is 0 Å². The molecule has 19 heavy (non-hydrogen) atoms. The van der Waals surface area contributed by atoms with Gasteiger partial charge >= 0.3 is 0 Å². The lowest BCUT2D eigenvalue weighted by atomic mass is 10.0. The van der Waals surface area contributed by atoms with Crippen LogP contribution in [0.1, 0.15) is 35.9 Å². The van der Waals surface area contributed by atoms with Crippen molar-refractivity contribution < 1.29 is 0 Å². The highest BCUT2D eigenvalue weighted by Gasteiger charge is 2.25. The molecule has 0 spiro atoms. The molecule has 0 radical (unpaired) electrons. The zero-order valence-electron chi connectivity index (χ0n) is 11.6. The third kappa shape index (κ3) is 2.75. The van der Waals surface area contributed by atoms with E-state index in [2.05, 4.69) is 60.9 Å². The summed E-state index contributed by atoms with van der Waals surface area (Å²) in [4.78, 5) is 1.46. The van der Waals surface area contributed by atoms with Gasteiger partial charge in [0.1, 0.15) is 0 Å². The van der Waals surface area contributed by atoms with Gasteiger partial charge in [-0.15, -0.1) is 11.3 Å². The van der Waals surface area contributed by atoms with Crippen LogP contribution in [0.4, 0.5) is 0 Å². The summed E-state index contributed by atoms with van der Waals surface area (Å²) in [7, 11) is 0. The van der Waals surface area contributed by atoms with Gasteiger partial charge < -0.3 is 5.32 Å². The first-order chi connectivity index (χ1) is 9.24. The molecule has 100 valence electrons. The van der Waals surface area contributed by atoms with E-state index in [1.807, 2.05) is 11.3 Å². The molecule has 1 unspecified atom stereocenters. The van der Waals surface area contributed by atoms with Gasteiger partial charge in [0.2, 0.25) is 0 Å². The summed E-state index contributed by atoms with van der Waals surface area (Å²) < 4.78 is 0. The van der Waals surface area contributed by atoms with Crippen molar-refractivity contribution in [3.8, 4) is 0 Å². The average molecular weight is 271 g/mol. The van der Waals surface area contributed by atoms with Crippen LogP contribution in [0.15, 0.2) is 41.8 Å². The molecule has 1 heterocycles. The van der Waals surface area contributed by atoms with Crippen LogP contribution in [-0.4, -0.2) is 6.04 Å². The van der Waals surface area contributed by atoms with Gasteiger partial charge in [0.25, 0.3) is 0 Å².